The maximum Gasteiger partial charge on any atom is 0.410 e. The molecular weight excluding hydrogens is 574 g/mol. The average Bonchev–Trinajstić information content (AvgIpc) is 3.74. The Labute approximate surface area is 264 Å². The molecule has 3 heterocycles. The molecule has 0 unspecified atom stereocenters. The van der Waals surface area contributed by atoms with Crippen molar-refractivity contribution in [3.63, 3.8) is 0 Å². The highest BCUT2D eigenvalue weighted by Gasteiger charge is 2.54. The number of aromatic nitrogens is 1. The molecule has 2 aromatic carbocycles. The molecule has 2 saturated heterocycles. The van der Waals surface area contributed by atoms with Gasteiger partial charge >= 0.3 is 6.09 Å². The van der Waals surface area contributed by atoms with Gasteiger partial charge in [0.05, 0.1) is 23.8 Å². The number of fused-ring (bicyclic) bond motifs is 1. The number of nitrogens with zero attached hydrogens (tertiary/aromatic N) is 3. The molecule has 0 bridgehead atoms. The summed E-state index contributed by atoms with van der Waals surface area (Å²) in [6, 6.07) is 16.2. The number of nitrogens with one attached hydrogen (secondary N) is 2. The van der Waals surface area contributed by atoms with Crippen molar-refractivity contribution in [3.05, 3.63) is 76.8 Å². The molecule has 3 amide bonds. The van der Waals surface area contributed by atoms with Crippen LogP contribution in [0.1, 0.15) is 56.9 Å². The van der Waals surface area contributed by atoms with Crippen molar-refractivity contribution < 1.29 is 19.1 Å². The van der Waals surface area contributed by atoms with Gasteiger partial charge in [-0.25, -0.2) is 9.78 Å². The van der Waals surface area contributed by atoms with Crippen molar-refractivity contribution in [2.45, 2.75) is 77.7 Å². The van der Waals surface area contributed by atoms with Gasteiger partial charge in [0.1, 0.15) is 17.7 Å². The number of likely N-dealkylation sites (N-methyl/N-ethyl adjacent to an activating group) is 1. The molecule has 10 heteroatoms. The van der Waals surface area contributed by atoms with Crippen LogP contribution >= 0.6 is 11.3 Å². The fourth-order valence-corrected chi connectivity index (χ4v) is 7.08. The fourth-order valence-electron chi connectivity index (χ4n) is 6.20. The third-order valence-electron chi connectivity index (χ3n) is 8.74. The lowest BCUT2D eigenvalue weighted by Gasteiger charge is -2.37. The summed E-state index contributed by atoms with van der Waals surface area (Å²) in [6.45, 7) is 10.8. The summed E-state index contributed by atoms with van der Waals surface area (Å²) < 4.78 is 5.78. The molecule has 0 radical (unpaired) electrons. The number of amides is 3. The van der Waals surface area contributed by atoms with Crippen LogP contribution in [0.4, 0.5) is 4.79 Å². The average molecular weight is 618 g/mol. The van der Waals surface area contributed by atoms with Gasteiger partial charge in [0.2, 0.25) is 11.8 Å². The normalized spacial score (nSPS) is 21.1. The molecule has 2 aliphatic rings. The molecule has 5 atom stereocenters. The van der Waals surface area contributed by atoms with Gasteiger partial charge in [-0.3, -0.25) is 9.59 Å². The highest BCUT2D eigenvalue weighted by atomic mass is 32.1. The van der Waals surface area contributed by atoms with E-state index in [0.717, 1.165) is 27.4 Å². The van der Waals surface area contributed by atoms with E-state index in [1.807, 2.05) is 62.1 Å². The first-order chi connectivity index (χ1) is 21.0. The number of carbonyl (C=O) groups excluding carboxylic acids is 3. The third kappa shape index (κ3) is 6.66. The van der Waals surface area contributed by atoms with E-state index in [0.29, 0.717) is 19.5 Å². The van der Waals surface area contributed by atoms with E-state index in [9.17, 15) is 14.4 Å². The largest absolute Gasteiger partial charge is 0.445 e. The molecule has 0 aliphatic carbocycles. The number of benzene rings is 2. The fraction of sp³-hybridized carbons (Fsp3) is 0.471. The molecule has 2 N–H and O–H groups in total. The Morgan fingerprint density at radius 2 is 1.84 bits per heavy atom. The lowest BCUT2D eigenvalue weighted by molar-refractivity contribution is -0.140. The molecule has 0 spiro atoms. The van der Waals surface area contributed by atoms with Crippen molar-refractivity contribution in [1.82, 2.24) is 25.4 Å². The van der Waals surface area contributed by atoms with Crippen molar-refractivity contribution in [3.8, 4) is 10.6 Å². The van der Waals surface area contributed by atoms with Gasteiger partial charge in [0.15, 0.2) is 0 Å². The minimum absolute atomic E-state index is 0.139. The topological polar surface area (TPSA) is 104 Å². The second-order valence-electron chi connectivity index (χ2n) is 12.9. The maximum absolute atomic E-state index is 14.3. The summed E-state index contributed by atoms with van der Waals surface area (Å²) >= 11 is 1.57. The molecule has 9 nitrogen and oxygen atoms in total. The molecule has 2 fully saturated rings. The second-order valence-corrected chi connectivity index (χ2v) is 13.8. The van der Waals surface area contributed by atoms with Crippen LogP contribution < -0.4 is 10.6 Å². The highest BCUT2D eigenvalue weighted by molar-refractivity contribution is 7.13. The Morgan fingerprint density at radius 1 is 1.09 bits per heavy atom. The number of hydrogen-bond acceptors (Lipinski definition) is 7. The molecule has 44 heavy (non-hydrogen) atoms. The zero-order valence-corrected chi connectivity index (χ0v) is 27.2. The van der Waals surface area contributed by atoms with Gasteiger partial charge in [-0.2, -0.15) is 0 Å². The van der Waals surface area contributed by atoms with E-state index in [1.54, 1.807) is 30.2 Å². The van der Waals surface area contributed by atoms with Crippen LogP contribution in [0.5, 0.6) is 0 Å². The predicted octanol–water partition coefficient (Wildman–Crippen LogP) is 4.96. The molecule has 2 aliphatic heterocycles. The van der Waals surface area contributed by atoms with Gasteiger partial charge in [-0.05, 0) is 44.4 Å². The van der Waals surface area contributed by atoms with Crippen LogP contribution in [0.25, 0.3) is 10.6 Å². The summed E-state index contributed by atoms with van der Waals surface area (Å²) in [5.41, 5.74) is 3.45. The molecule has 5 rings (SSSR count). The maximum atomic E-state index is 14.3. The van der Waals surface area contributed by atoms with Crippen LogP contribution in [-0.2, 0) is 20.9 Å². The number of ether oxygens (including phenoxy) is 1. The van der Waals surface area contributed by atoms with E-state index < -0.39 is 23.6 Å². The number of likely N-dealkylation sites (tertiary alicyclic amines) is 2. The lowest BCUT2D eigenvalue weighted by atomic mass is 9.85. The number of thiazole rings is 1. The summed E-state index contributed by atoms with van der Waals surface area (Å²) in [5, 5.41) is 8.92. The van der Waals surface area contributed by atoms with Gasteiger partial charge in [0.25, 0.3) is 0 Å². The smallest absolute Gasteiger partial charge is 0.410 e. The lowest BCUT2D eigenvalue weighted by Crippen LogP contribution is -2.59. The Hall–Kier alpha value is -3.76. The highest BCUT2D eigenvalue weighted by Crippen LogP contribution is 2.43. The minimum atomic E-state index is -0.734. The zero-order chi connectivity index (χ0) is 31.6. The first kappa shape index (κ1) is 31.7. The van der Waals surface area contributed by atoms with E-state index in [2.05, 4.69) is 41.1 Å². The standard InChI is InChI=1S/C34H43N5O4S/c1-21-11-10-14-24(17-21)31-36-26(20-44-31)25-18-39(33(42)43-19-23-12-8-7-9-13-23)27-15-16-38(28(25)27)32(41)29(34(3,4)5)37-30(40)22(2)35-6/h7-14,17,20,22,25,27-29,35H,15-16,18-19H2,1-6H3,(H,37,40)/t22-,25+,27+,28+,29+/m0/s1. The summed E-state index contributed by atoms with van der Waals surface area (Å²) in [5.74, 6) is -0.564. The number of hydrogen-bond donors (Lipinski definition) is 2. The first-order valence-corrected chi connectivity index (χ1v) is 16.1. The van der Waals surface area contributed by atoms with Crippen LogP contribution in [0.2, 0.25) is 0 Å². The molecule has 0 saturated carbocycles. The monoisotopic (exact) mass is 617 g/mol. The van der Waals surface area contributed by atoms with E-state index >= 15 is 0 Å². The van der Waals surface area contributed by atoms with Crippen molar-refractivity contribution in [1.29, 1.82) is 0 Å². The summed E-state index contributed by atoms with van der Waals surface area (Å²) in [7, 11) is 1.72. The Morgan fingerprint density at radius 3 is 2.52 bits per heavy atom. The summed E-state index contributed by atoms with van der Waals surface area (Å²) in [4.78, 5) is 49.5. The number of aryl methyl sites for hydroxylation is 1. The SMILES string of the molecule is CN[C@@H](C)C(=O)N[C@H](C(=O)N1CC[C@@H]2[C@H]1[C@@H](c1csc(-c3cccc(C)c3)n1)CN2C(=O)OCc1ccccc1)C(C)(C)C. The van der Waals surface area contributed by atoms with Crippen LogP contribution in [-0.4, -0.2) is 77.0 Å². The van der Waals surface area contributed by atoms with Crippen LogP contribution in [0.15, 0.2) is 60.0 Å². The van der Waals surface area contributed by atoms with E-state index in [-0.39, 0.29) is 36.4 Å². The summed E-state index contributed by atoms with van der Waals surface area (Å²) in [6.07, 6.45) is 0.234. The Balaban J connectivity index is 1.45. The van der Waals surface area contributed by atoms with E-state index in [1.165, 1.54) is 0 Å². The van der Waals surface area contributed by atoms with Gasteiger partial charge < -0.3 is 25.2 Å². The molecule has 1 aromatic heterocycles. The van der Waals surface area contributed by atoms with Crippen molar-refractivity contribution in [2.75, 3.05) is 20.1 Å². The Bertz CT molecular complexity index is 1490. The third-order valence-corrected chi connectivity index (χ3v) is 9.65. The quantitative estimate of drug-likeness (QED) is 0.370. The predicted molar refractivity (Wildman–Crippen MR) is 172 cm³/mol. The molecule has 3 aromatic rings. The van der Waals surface area contributed by atoms with Gasteiger partial charge in [-0.1, -0.05) is 74.9 Å². The van der Waals surface area contributed by atoms with Crippen LogP contribution in [0.3, 0.4) is 0 Å². The van der Waals surface area contributed by atoms with E-state index in [4.69, 9.17) is 9.72 Å². The zero-order valence-electron chi connectivity index (χ0n) is 26.4. The first-order valence-electron chi connectivity index (χ1n) is 15.3. The molecule has 234 valence electrons. The number of rotatable bonds is 8. The molecular formula is C34H43N5O4S. The number of carbonyl (C=O) groups is 3. The van der Waals surface area contributed by atoms with Crippen molar-refractivity contribution >= 4 is 29.2 Å². The van der Waals surface area contributed by atoms with Gasteiger partial charge in [0, 0.05) is 30.0 Å². The van der Waals surface area contributed by atoms with Crippen molar-refractivity contribution in [2.24, 2.45) is 5.41 Å². The minimum Gasteiger partial charge on any atom is -0.445 e. The Kier molecular flexibility index (Phi) is 9.41. The van der Waals surface area contributed by atoms with Crippen LogP contribution in [0, 0.1) is 12.3 Å². The second kappa shape index (κ2) is 13.1. The van der Waals surface area contributed by atoms with Gasteiger partial charge in [-0.15, -0.1) is 11.3 Å².